The van der Waals surface area contributed by atoms with Gasteiger partial charge in [-0.15, -0.1) is 0 Å². The molecule has 3 N–H and O–H groups in total. The van der Waals surface area contributed by atoms with E-state index in [-0.39, 0.29) is 30.1 Å². The number of rotatable bonds is 6. The Morgan fingerprint density at radius 2 is 1.72 bits per heavy atom. The predicted molar refractivity (Wildman–Crippen MR) is 141 cm³/mol. The van der Waals surface area contributed by atoms with Crippen LogP contribution in [0.4, 0.5) is 13.2 Å². The summed E-state index contributed by atoms with van der Waals surface area (Å²) in [5.41, 5.74) is 5.61. The highest BCUT2D eigenvalue weighted by Crippen LogP contribution is 2.42. The van der Waals surface area contributed by atoms with Crippen molar-refractivity contribution in [3.8, 4) is 11.1 Å². The lowest BCUT2D eigenvalue weighted by Crippen LogP contribution is -2.44. The number of primary amides is 1. The van der Waals surface area contributed by atoms with Gasteiger partial charge in [-0.2, -0.15) is 13.2 Å². The quantitative estimate of drug-likeness (QED) is 0.335. The van der Waals surface area contributed by atoms with Crippen LogP contribution in [0.1, 0.15) is 22.7 Å². The zero-order chi connectivity index (χ0) is 27.9. The fourth-order valence-corrected chi connectivity index (χ4v) is 6.18. The number of benzene rings is 3. The second-order valence-corrected chi connectivity index (χ2v) is 10.3. The molecule has 7 nitrogen and oxygen atoms in total. The maximum Gasteiger partial charge on any atom is 0.416 e. The number of aromatic nitrogens is 1. The van der Waals surface area contributed by atoms with E-state index in [0.717, 1.165) is 45.0 Å². The van der Waals surface area contributed by atoms with Crippen LogP contribution in [0.5, 0.6) is 0 Å². The first kappa shape index (κ1) is 26.5. The highest BCUT2D eigenvalue weighted by atomic mass is 32.2. The van der Waals surface area contributed by atoms with E-state index in [1.165, 1.54) is 22.5 Å². The molecule has 1 aromatic heterocycles. The third-order valence-corrected chi connectivity index (χ3v) is 7.66. The number of carboxylic acid groups (broad SMARTS) is 1. The molecule has 0 spiro atoms. The van der Waals surface area contributed by atoms with Gasteiger partial charge in [-0.3, -0.25) is 14.2 Å². The Morgan fingerprint density at radius 1 is 1.00 bits per heavy atom. The molecule has 0 radical (unpaired) electrons. The van der Waals surface area contributed by atoms with Crippen molar-refractivity contribution in [1.29, 1.82) is 0 Å². The third-order valence-electron chi connectivity index (χ3n) is 6.55. The molecule has 0 aliphatic carbocycles. The minimum Gasteiger partial charge on any atom is -0.480 e. The number of hydrogen-bond acceptors (Lipinski definition) is 5. The molecule has 0 saturated carbocycles. The molecule has 0 saturated heterocycles. The number of nitrogens with two attached hydrogens (primary N) is 1. The van der Waals surface area contributed by atoms with Gasteiger partial charge >= 0.3 is 12.1 Å². The van der Waals surface area contributed by atoms with Crippen LogP contribution in [-0.4, -0.2) is 38.9 Å². The number of nitrogens with zero attached hydrogens (tertiary/aromatic N) is 2. The predicted octanol–water partition coefficient (Wildman–Crippen LogP) is 4.71. The fourth-order valence-electron chi connectivity index (χ4n) is 4.88. The Morgan fingerprint density at radius 3 is 2.44 bits per heavy atom. The molecule has 11 heteroatoms. The molecule has 1 aliphatic rings. The van der Waals surface area contributed by atoms with Gasteiger partial charge in [-0.05, 0) is 58.0 Å². The molecule has 1 amide bonds. The van der Waals surface area contributed by atoms with Gasteiger partial charge in [0, 0.05) is 18.2 Å². The van der Waals surface area contributed by atoms with Gasteiger partial charge in [0.2, 0.25) is 5.91 Å². The first-order valence-corrected chi connectivity index (χ1v) is 12.7. The summed E-state index contributed by atoms with van der Waals surface area (Å²) < 4.78 is 43.5. The fraction of sp³-hybridized carbons (Fsp3) is 0.179. The van der Waals surface area contributed by atoms with E-state index in [9.17, 15) is 32.7 Å². The summed E-state index contributed by atoms with van der Waals surface area (Å²) in [5, 5.41) is 11.9. The number of pyridine rings is 1. The van der Waals surface area contributed by atoms with E-state index >= 15 is 0 Å². The van der Waals surface area contributed by atoms with Crippen LogP contribution in [0.15, 0.2) is 82.6 Å². The number of carbonyl (C=O) groups is 2. The van der Waals surface area contributed by atoms with E-state index in [1.54, 1.807) is 0 Å². The minimum atomic E-state index is -4.62. The Labute approximate surface area is 224 Å². The van der Waals surface area contributed by atoms with Gasteiger partial charge in [0.25, 0.3) is 5.56 Å². The average Bonchev–Trinajstić information content (AvgIpc) is 2.87. The molecule has 0 fully saturated rings. The van der Waals surface area contributed by atoms with E-state index in [0.29, 0.717) is 11.1 Å². The monoisotopic (exact) mass is 553 g/mol. The zero-order valence-corrected chi connectivity index (χ0v) is 21.1. The highest BCUT2D eigenvalue weighted by molar-refractivity contribution is 7.97. The molecular weight excluding hydrogens is 531 g/mol. The van der Waals surface area contributed by atoms with Crippen molar-refractivity contribution in [2.24, 2.45) is 5.73 Å². The number of aliphatic carboxylic acids is 1. The lowest BCUT2D eigenvalue weighted by atomic mass is 9.93. The summed E-state index contributed by atoms with van der Waals surface area (Å²) in [4.78, 5) is 37.3. The molecular formula is C28H22F3N3O4S. The molecule has 200 valence electrons. The lowest BCUT2D eigenvalue weighted by molar-refractivity contribution is -0.142. The number of carbonyl (C=O) groups excluding carboxylic acids is 1. The number of alkyl halides is 3. The van der Waals surface area contributed by atoms with Crippen molar-refractivity contribution in [2.75, 3.05) is 13.1 Å². The zero-order valence-electron chi connectivity index (χ0n) is 20.3. The smallest absolute Gasteiger partial charge is 0.416 e. The summed E-state index contributed by atoms with van der Waals surface area (Å²) >= 11 is 0.935. The van der Waals surface area contributed by atoms with Crippen LogP contribution >= 0.6 is 11.9 Å². The standard InChI is InChI=1S/C28H22F3N3O4S/c29-28(30,31)20-9-4-8-18(12-20)25-19(11-17-7-3-6-16-5-1-2-10-21(16)17)13-24(36)34-22(27(37)38)14-33(15-23(32)35)39-26(25)34/h1-10,12-13,22H,11,14-15H2,(H2,32,35)(H,37,38). The summed E-state index contributed by atoms with van der Waals surface area (Å²) in [7, 11) is 0. The first-order chi connectivity index (χ1) is 18.5. The Kier molecular flexibility index (Phi) is 6.96. The van der Waals surface area contributed by atoms with Gasteiger partial charge < -0.3 is 10.8 Å². The van der Waals surface area contributed by atoms with Gasteiger partial charge in [-0.1, -0.05) is 54.6 Å². The van der Waals surface area contributed by atoms with Crippen LogP contribution in [0.3, 0.4) is 0 Å². The number of halogens is 3. The van der Waals surface area contributed by atoms with E-state index < -0.39 is 35.2 Å². The minimum absolute atomic E-state index is 0.136. The lowest BCUT2D eigenvalue weighted by Gasteiger charge is -2.34. The van der Waals surface area contributed by atoms with Gasteiger partial charge in [0.1, 0.15) is 11.1 Å². The van der Waals surface area contributed by atoms with Crippen molar-refractivity contribution in [2.45, 2.75) is 23.7 Å². The maximum absolute atomic E-state index is 13.7. The Bertz CT molecular complexity index is 1660. The molecule has 5 rings (SSSR count). The second-order valence-electron chi connectivity index (χ2n) is 9.19. The molecule has 4 aromatic rings. The largest absolute Gasteiger partial charge is 0.480 e. The van der Waals surface area contributed by atoms with Crippen LogP contribution in [-0.2, 0) is 22.2 Å². The van der Waals surface area contributed by atoms with E-state index in [2.05, 4.69) is 0 Å². The van der Waals surface area contributed by atoms with Crippen molar-refractivity contribution < 1.29 is 27.9 Å². The molecule has 3 aromatic carbocycles. The second kappa shape index (κ2) is 10.2. The number of hydrogen-bond donors (Lipinski definition) is 2. The number of amides is 1. The van der Waals surface area contributed by atoms with E-state index in [1.807, 2.05) is 42.5 Å². The van der Waals surface area contributed by atoms with Gasteiger partial charge in [0.05, 0.1) is 12.1 Å². The van der Waals surface area contributed by atoms with Crippen LogP contribution < -0.4 is 11.3 Å². The molecule has 39 heavy (non-hydrogen) atoms. The van der Waals surface area contributed by atoms with Crippen molar-refractivity contribution in [3.05, 3.63) is 99.8 Å². The van der Waals surface area contributed by atoms with Crippen LogP contribution in [0, 0.1) is 0 Å². The highest BCUT2D eigenvalue weighted by Gasteiger charge is 2.36. The maximum atomic E-state index is 13.7. The molecule has 1 atom stereocenters. The van der Waals surface area contributed by atoms with Gasteiger partial charge in [0.15, 0.2) is 0 Å². The normalized spacial score (nSPS) is 15.7. The summed E-state index contributed by atoms with van der Waals surface area (Å²) in [6.45, 7) is -0.501. The Hall–Kier alpha value is -4.09. The summed E-state index contributed by atoms with van der Waals surface area (Å²) in [6, 6.07) is 17.9. The number of fused-ring (bicyclic) bond motifs is 2. The topological polar surface area (TPSA) is 106 Å². The SMILES string of the molecule is NC(=O)CN1CC(C(=O)O)n2c(c(-c3cccc(C(F)(F)F)c3)c(Cc3cccc4ccccc34)cc2=O)S1. The average molecular weight is 554 g/mol. The summed E-state index contributed by atoms with van der Waals surface area (Å²) in [5.74, 6) is -2.03. The van der Waals surface area contributed by atoms with Crippen molar-refractivity contribution in [1.82, 2.24) is 8.87 Å². The van der Waals surface area contributed by atoms with Crippen LogP contribution in [0.2, 0.25) is 0 Å². The van der Waals surface area contributed by atoms with Crippen molar-refractivity contribution in [3.63, 3.8) is 0 Å². The molecule has 1 unspecified atom stereocenters. The van der Waals surface area contributed by atoms with Gasteiger partial charge in [-0.25, -0.2) is 9.10 Å². The third kappa shape index (κ3) is 5.27. The first-order valence-electron chi connectivity index (χ1n) is 11.9. The van der Waals surface area contributed by atoms with E-state index in [4.69, 9.17) is 5.73 Å². The number of carboxylic acids is 1. The molecule has 1 aliphatic heterocycles. The molecule has 0 bridgehead atoms. The Balaban J connectivity index is 1.78. The summed E-state index contributed by atoms with van der Waals surface area (Å²) in [6.07, 6.45) is -4.42. The molecule has 2 heterocycles. The van der Waals surface area contributed by atoms with Crippen molar-refractivity contribution >= 4 is 34.6 Å². The van der Waals surface area contributed by atoms with Crippen LogP contribution in [0.25, 0.3) is 21.9 Å².